The van der Waals surface area contributed by atoms with Gasteiger partial charge < -0.3 is 14.8 Å². The second-order valence-electron chi connectivity index (χ2n) is 6.20. The molecule has 1 aliphatic heterocycles. The summed E-state index contributed by atoms with van der Waals surface area (Å²) in [4.78, 5) is 39.2. The molecular weight excluding hydrogens is 369 g/mol. The molecule has 0 saturated carbocycles. The number of hydrogen-bond acceptors (Lipinski definition) is 6. The third kappa shape index (κ3) is 4.43. The summed E-state index contributed by atoms with van der Waals surface area (Å²) in [7, 11) is 0. The number of rotatable bonds is 5. The van der Waals surface area contributed by atoms with Gasteiger partial charge >= 0.3 is 12.1 Å². The van der Waals surface area contributed by atoms with Crippen molar-refractivity contribution in [3.05, 3.63) is 42.3 Å². The summed E-state index contributed by atoms with van der Waals surface area (Å²) in [5.74, 6) is -1.14. The van der Waals surface area contributed by atoms with Crippen LogP contribution in [0.1, 0.15) is 13.8 Å². The van der Waals surface area contributed by atoms with Gasteiger partial charge in [-0.1, -0.05) is 0 Å². The molecule has 2 amide bonds. The summed E-state index contributed by atoms with van der Waals surface area (Å²) in [6.07, 6.45) is 0.288. The standard InChI is InChI=1S/C19H18FN3O5/c1-11(24)21-9-15-10-23(19(26)28-15)14-4-5-16(17(20)7-14)13-3-6-18(22-8-13)27-12(2)25/h3-8,15H,9-10H2,1-2H3,(H,21,24)/t15-/m0/s1. The molecule has 1 N–H and O–H groups in total. The van der Waals surface area contributed by atoms with E-state index >= 15 is 0 Å². The van der Waals surface area contributed by atoms with Crippen LogP contribution in [0.15, 0.2) is 36.5 Å². The van der Waals surface area contributed by atoms with Crippen LogP contribution in [0.2, 0.25) is 0 Å². The number of carbonyl (C=O) groups is 3. The van der Waals surface area contributed by atoms with Crippen LogP contribution >= 0.6 is 0 Å². The summed E-state index contributed by atoms with van der Waals surface area (Å²) in [6.45, 7) is 3.03. The van der Waals surface area contributed by atoms with Crippen molar-refractivity contribution < 1.29 is 28.2 Å². The van der Waals surface area contributed by atoms with Gasteiger partial charge in [-0.05, 0) is 24.3 Å². The maximum Gasteiger partial charge on any atom is 0.414 e. The largest absolute Gasteiger partial charge is 0.442 e. The van der Waals surface area contributed by atoms with E-state index in [0.29, 0.717) is 11.3 Å². The van der Waals surface area contributed by atoms with E-state index in [1.165, 1.54) is 43.1 Å². The van der Waals surface area contributed by atoms with E-state index in [4.69, 9.17) is 9.47 Å². The molecule has 0 radical (unpaired) electrons. The van der Waals surface area contributed by atoms with Gasteiger partial charge in [0.25, 0.3) is 0 Å². The minimum atomic E-state index is -0.602. The Morgan fingerprint density at radius 2 is 2.11 bits per heavy atom. The Balaban J connectivity index is 1.74. The molecule has 146 valence electrons. The summed E-state index contributed by atoms with van der Waals surface area (Å²) in [6, 6.07) is 7.41. The molecule has 1 aromatic carbocycles. The number of hydrogen-bond donors (Lipinski definition) is 1. The first-order valence-corrected chi connectivity index (χ1v) is 8.50. The van der Waals surface area contributed by atoms with Crippen molar-refractivity contribution in [2.75, 3.05) is 18.0 Å². The Morgan fingerprint density at radius 3 is 2.71 bits per heavy atom. The van der Waals surface area contributed by atoms with Gasteiger partial charge in [0, 0.05) is 37.2 Å². The fraction of sp³-hybridized carbons (Fsp3) is 0.263. The highest BCUT2D eigenvalue weighted by molar-refractivity contribution is 5.90. The Morgan fingerprint density at radius 1 is 1.32 bits per heavy atom. The molecule has 28 heavy (non-hydrogen) atoms. The van der Waals surface area contributed by atoms with Crippen molar-refractivity contribution >= 4 is 23.7 Å². The second kappa shape index (κ2) is 8.03. The minimum Gasteiger partial charge on any atom is -0.442 e. The molecule has 0 aliphatic carbocycles. The van der Waals surface area contributed by atoms with Crippen LogP contribution in [0.4, 0.5) is 14.9 Å². The summed E-state index contributed by atoms with van der Waals surface area (Å²) < 4.78 is 24.7. The van der Waals surface area contributed by atoms with Crippen LogP contribution in [0.25, 0.3) is 11.1 Å². The number of ether oxygens (including phenoxy) is 2. The number of benzene rings is 1. The Kier molecular flexibility index (Phi) is 5.53. The zero-order valence-corrected chi connectivity index (χ0v) is 15.3. The van der Waals surface area contributed by atoms with Gasteiger partial charge in [-0.3, -0.25) is 14.5 Å². The van der Waals surface area contributed by atoms with Crippen LogP contribution in [-0.4, -0.2) is 42.1 Å². The summed E-state index contributed by atoms with van der Waals surface area (Å²) >= 11 is 0. The zero-order chi connectivity index (χ0) is 20.3. The average Bonchev–Trinajstić information content (AvgIpc) is 3.01. The summed E-state index contributed by atoms with van der Waals surface area (Å²) in [5.41, 5.74) is 1.13. The van der Waals surface area contributed by atoms with E-state index in [-0.39, 0.29) is 30.4 Å². The predicted octanol–water partition coefficient (Wildman–Crippen LogP) is 2.27. The van der Waals surface area contributed by atoms with E-state index in [1.54, 1.807) is 12.1 Å². The van der Waals surface area contributed by atoms with E-state index in [9.17, 15) is 18.8 Å². The normalized spacial score (nSPS) is 15.9. The number of nitrogens with zero attached hydrogens (tertiary/aromatic N) is 2. The molecule has 1 saturated heterocycles. The van der Waals surface area contributed by atoms with Crippen LogP contribution in [0.3, 0.4) is 0 Å². The molecular formula is C19H18FN3O5. The highest BCUT2D eigenvalue weighted by Gasteiger charge is 2.32. The quantitative estimate of drug-likeness (QED) is 0.791. The summed E-state index contributed by atoms with van der Waals surface area (Å²) in [5, 5.41) is 2.58. The molecule has 1 aliphatic rings. The van der Waals surface area contributed by atoms with Gasteiger partial charge in [-0.15, -0.1) is 0 Å². The lowest BCUT2D eigenvalue weighted by Crippen LogP contribution is -2.33. The SMILES string of the molecule is CC(=O)NC[C@H]1CN(c2ccc(-c3ccc(OC(C)=O)nc3)c(F)c2)C(=O)O1. The zero-order valence-electron chi connectivity index (χ0n) is 15.3. The van der Waals surface area contributed by atoms with Gasteiger partial charge in [-0.2, -0.15) is 0 Å². The predicted molar refractivity (Wildman–Crippen MR) is 97.2 cm³/mol. The highest BCUT2D eigenvalue weighted by Crippen LogP contribution is 2.29. The smallest absolute Gasteiger partial charge is 0.414 e. The van der Waals surface area contributed by atoms with Crippen LogP contribution in [-0.2, 0) is 14.3 Å². The van der Waals surface area contributed by atoms with Crippen molar-refractivity contribution in [1.82, 2.24) is 10.3 Å². The molecule has 3 rings (SSSR count). The molecule has 1 atom stereocenters. The monoisotopic (exact) mass is 387 g/mol. The number of carbonyl (C=O) groups excluding carboxylic acids is 3. The second-order valence-corrected chi connectivity index (χ2v) is 6.20. The first-order chi connectivity index (χ1) is 13.3. The Labute approximate surface area is 160 Å². The molecule has 2 aromatic rings. The van der Waals surface area contributed by atoms with E-state index in [2.05, 4.69) is 10.3 Å². The third-order valence-corrected chi connectivity index (χ3v) is 4.01. The van der Waals surface area contributed by atoms with Crippen molar-refractivity contribution in [2.45, 2.75) is 20.0 Å². The number of amides is 2. The van der Waals surface area contributed by atoms with Crippen molar-refractivity contribution in [3.63, 3.8) is 0 Å². The van der Waals surface area contributed by atoms with Gasteiger partial charge in [0.15, 0.2) is 0 Å². The van der Waals surface area contributed by atoms with Crippen LogP contribution in [0, 0.1) is 5.82 Å². The van der Waals surface area contributed by atoms with Crippen molar-refractivity contribution in [3.8, 4) is 17.0 Å². The fourth-order valence-corrected chi connectivity index (χ4v) is 2.75. The number of anilines is 1. The number of aromatic nitrogens is 1. The van der Waals surface area contributed by atoms with Gasteiger partial charge in [0.1, 0.15) is 11.9 Å². The van der Waals surface area contributed by atoms with Crippen LogP contribution < -0.4 is 15.0 Å². The van der Waals surface area contributed by atoms with Gasteiger partial charge in [0.2, 0.25) is 11.8 Å². The van der Waals surface area contributed by atoms with E-state index in [1.807, 2.05) is 0 Å². The molecule has 2 heterocycles. The van der Waals surface area contributed by atoms with Crippen LogP contribution in [0.5, 0.6) is 5.88 Å². The number of esters is 1. The third-order valence-electron chi connectivity index (χ3n) is 4.01. The number of pyridine rings is 1. The first kappa shape index (κ1) is 19.3. The lowest BCUT2D eigenvalue weighted by atomic mass is 10.1. The molecule has 1 aromatic heterocycles. The minimum absolute atomic E-state index is 0.123. The first-order valence-electron chi connectivity index (χ1n) is 8.50. The maximum atomic E-state index is 14.6. The van der Waals surface area contributed by atoms with E-state index in [0.717, 1.165) is 0 Å². The molecule has 0 bridgehead atoms. The van der Waals surface area contributed by atoms with E-state index < -0.39 is 24.0 Å². The molecule has 0 unspecified atom stereocenters. The van der Waals surface area contributed by atoms with Crippen molar-refractivity contribution in [2.24, 2.45) is 0 Å². The number of cyclic esters (lactones) is 1. The Bertz CT molecular complexity index is 916. The average molecular weight is 387 g/mol. The number of halogens is 1. The fourth-order valence-electron chi connectivity index (χ4n) is 2.75. The van der Waals surface area contributed by atoms with Crippen molar-refractivity contribution in [1.29, 1.82) is 0 Å². The lowest BCUT2D eigenvalue weighted by molar-refractivity contribution is -0.132. The lowest BCUT2D eigenvalue weighted by Gasteiger charge is -2.14. The van der Waals surface area contributed by atoms with Gasteiger partial charge in [0.05, 0.1) is 18.8 Å². The molecule has 8 nitrogen and oxygen atoms in total. The molecule has 0 spiro atoms. The molecule has 1 fully saturated rings. The Hall–Kier alpha value is -3.49. The number of nitrogens with one attached hydrogen (secondary N) is 1. The topological polar surface area (TPSA) is 97.8 Å². The highest BCUT2D eigenvalue weighted by atomic mass is 19.1. The van der Waals surface area contributed by atoms with Gasteiger partial charge in [-0.25, -0.2) is 14.2 Å². The maximum absolute atomic E-state index is 14.6. The molecule has 9 heteroatoms.